The van der Waals surface area contributed by atoms with Crippen LogP contribution in [0.5, 0.6) is 0 Å². The van der Waals surface area contributed by atoms with E-state index in [9.17, 15) is 4.79 Å². The molecule has 1 aromatic heterocycles. The van der Waals surface area contributed by atoms with Crippen molar-refractivity contribution in [3.63, 3.8) is 0 Å². The van der Waals surface area contributed by atoms with Crippen LogP contribution in [-0.2, 0) is 11.3 Å². The van der Waals surface area contributed by atoms with Crippen LogP contribution in [0.3, 0.4) is 0 Å². The Morgan fingerprint density at radius 1 is 1.11 bits per heavy atom. The number of hydrogen-bond acceptors (Lipinski definition) is 2. The average Bonchev–Trinajstić information content (AvgIpc) is 2.40. The van der Waals surface area contributed by atoms with Crippen molar-refractivity contribution in [1.29, 1.82) is 0 Å². The van der Waals surface area contributed by atoms with Gasteiger partial charge in [0.1, 0.15) is 0 Å². The first kappa shape index (κ1) is 13.3. The fourth-order valence-electron chi connectivity index (χ4n) is 1.78. The maximum absolute atomic E-state index is 11.7. The maximum atomic E-state index is 11.7. The first-order chi connectivity index (χ1) is 9.15. The van der Waals surface area contributed by atoms with Crippen molar-refractivity contribution in [3.05, 3.63) is 66.0 Å². The van der Waals surface area contributed by atoms with Gasteiger partial charge >= 0.3 is 5.97 Å². The number of hydrogen-bond donors (Lipinski definition) is 0. The summed E-state index contributed by atoms with van der Waals surface area (Å²) in [5.41, 5.74) is 1.74. The molecule has 98 valence electrons. The molecule has 1 heterocycles. The predicted molar refractivity (Wildman–Crippen MR) is 72.7 cm³/mol. The molecule has 2 aromatic rings. The van der Waals surface area contributed by atoms with Crippen LogP contribution in [0.25, 0.3) is 0 Å². The lowest BCUT2D eigenvalue weighted by atomic mass is 10.1. The van der Waals surface area contributed by atoms with E-state index >= 15 is 0 Å². The van der Waals surface area contributed by atoms with Crippen molar-refractivity contribution in [1.82, 2.24) is 0 Å². The highest BCUT2D eigenvalue weighted by Gasteiger charge is 2.09. The number of carbonyl (C=O) groups is 1. The highest BCUT2D eigenvalue weighted by molar-refractivity contribution is 5.89. The molecule has 0 fully saturated rings. The summed E-state index contributed by atoms with van der Waals surface area (Å²) < 4.78 is 7.24. The minimum Gasteiger partial charge on any atom is -0.459 e. The predicted octanol–water partition coefficient (Wildman–Crippen LogP) is 2.59. The summed E-state index contributed by atoms with van der Waals surface area (Å²) in [5, 5.41) is 0. The molecule has 2 rings (SSSR count). The second kappa shape index (κ2) is 6.14. The molecule has 0 atom stereocenters. The zero-order chi connectivity index (χ0) is 13.7. The van der Waals surface area contributed by atoms with E-state index in [1.165, 1.54) is 0 Å². The molecule has 0 aliphatic rings. The Hall–Kier alpha value is -2.16. The van der Waals surface area contributed by atoms with Crippen LogP contribution >= 0.6 is 0 Å². The van der Waals surface area contributed by atoms with E-state index in [0.717, 1.165) is 12.1 Å². The molecule has 0 spiro atoms. The van der Waals surface area contributed by atoms with Gasteiger partial charge in [0, 0.05) is 17.7 Å². The minimum atomic E-state index is -0.270. The van der Waals surface area contributed by atoms with E-state index in [4.69, 9.17) is 4.74 Å². The molecule has 0 saturated heterocycles. The Bertz CT molecular complexity index is 532. The largest absolute Gasteiger partial charge is 0.459 e. The maximum Gasteiger partial charge on any atom is 0.338 e. The summed E-state index contributed by atoms with van der Waals surface area (Å²) >= 11 is 0. The van der Waals surface area contributed by atoms with E-state index < -0.39 is 0 Å². The quantitative estimate of drug-likeness (QED) is 0.621. The third-order valence-electron chi connectivity index (χ3n) is 2.67. The van der Waals surface area contributed by atoms with Crippen LogP contribution in [0.1, 0.15) is 29.8 Å². The SMILES string of the molecule is CC(C)OC(=O)c1ccc(C[n+]2ccccc2)cc1. The van der Waals surface area contributed by atoms with Gasteiger partial charge in [0.05, 0.1) is 11.7 Å². The van der Waals surface area contributed by atoms with Crippen molar-refractivity contribution < 1.29 is 14.1 Å². The number of carbonyl (C=O) groups excluding carboxylic acids is 1. The van der Waals surface area contributed by atoms with Crippen molar-refractivity contribution in [3.8, 4) is 0 Å². The van der Waals surface area contributed by atoms with Crippen LogP contribution in [-0.4, -0.2) is 12.1 Å². The van der Waals surface area contributed by atoms with Crippen molar-refractivity contribution in [2.75, 3.05) is 0 Å². The highest BCUT2D eigenvalue weighted by atomic mass is 16.5. The average molecular weight is 256 g/mol. The molecule has 0 bridgehead atoms. The molecule has 0 saturated carbocycles. The zero-order valence-corrected chi connectivity index (χ0v) is 11.2. The summed E-state index contributed by atoms with van der Waals surface area (Å²) in [4.78, 5) is 11.7. The highest BCUT2D eigenvalue weighted by Crippen LogP contribution is 2.07. The number of aromatic nitrogens is 1. The van der Waals surface area contributed by atoms with Crippen LogP contribution < -0.4 is 4.57 Å². The summed E-state index contributed by atoms with van der Waals surface area (Å²) in [6, 6.07) is 13.5. The molecule has 1 aromatic carbocycles. The van der Waals surface area contributed by atoms with Crippen molar-refractivity contribution >= 4 is 5.97 Å². The lowest BCUT2D eigenvalue weighted by Gasteiger charge is -2.07. The van der Waals surface area contributed by atoms with Gasteiger partial charge in [-0.05, 0) is 26.0 Å². The van der Waals surface area contributed by atoms with Gasteiger partial charge in [-0.1, -0.05) is 18.2 Å². The van der Waals surface area contributed by atoms with Gasteiger partial charge in [-0.2, -0.15) is 0 Å². The third kappa shape index (κ3) is 3.91. The molecule has 0 aliphatic heterocycles. The molecule has 19 heavy (non-hydrogen) atoms. The Morgan fingerprint density at radius 2 is 1.74 bits per heavy atom. The van der Waals surface area contributed by atoms with Crippen LogP contribution in [0.4, 0.5) is 0 Å². The smallest absolute Gasteiger partial charge is 0.338 e. The van der Waals surface area contributed by atoms with Gasteiger partial charge in [-0.3, -0.25) is 0 Å². The Labute approximate surface area is 113 Å². The van der Waals surface area contributed by atoms with Gasteiger partial charge in [-0.25, -0.2) is 9.36 Å². The Morgan fingerprint density at radius 3 is 2.32 bits per heavy atom. The second-order valence-electron chi connectivity index (χ2n) is 4.70. The normalized spacial score (nSPS) is 10.5. The molecular formula is C16H18NO2+. The third-order valence-corrected chi connectivity index (χ3v) is 2.67. The standard InChI is InChI=1S/C16H18NO2/c1-13(2)19-16(18)15-8-6-14(7-9-15)12-17-10-4-3-5-11-17/h3-11,13H,12H2,1-2H3/q+1. The number of rotatable bonds is 4. The van der Waals surface area contributed by atoms with Gasteiger partial charge in [0.25, 0.3) is 0 Å². The fraction of sp³-hybridized carbons (Fsp3) is 0.250. The summed E-state index contributed by atoms with van der Waals surface area (Å²) in [5.74, 6) is -0.270. The number of esters is 1. The molecule has 3 heteroatoms. The number of benzene rings is 1. The summed E-state index contributed by atoms with van der Waals surface area (Å²) in [7, 11) is 0. The monoisotopic (exact) mass is 256 g/mol. The first-order valence-electron chi connectivity index (χ1n) is 6.39. The van der Waals surface area contributed by atoms with Gasteiger partial charge in [-0.15, -0.1) is 0 Å². The molecule has 0 N–H and O–H groups in total. The van der Waals surface area contributed by atoms with Crippen LogP contribution in [0.2, 0.25) is 0 Å². The van der Waals surface area contributed by atoms with E-state index in [2.05, 4.69) is 4.57 Å². The summed E-state index contributed by atoms with van der Waals surface area (Å²) in [6.07, 6.45) is 3.94. The van der Waals surface area contributed by atoms with E-state index in [1.807, 2.05) is 68.7 Å². The van der Waals surface area contributed by atoms with E-state index in [-0.39, 0.29) is 12.1 Å². The number of pyridine rings is 1. The van der Waals surface area contributed by atoms with Crippen molar-refractivity contribution in [2.24, 2.45) is 0 Å². The molecule has 0 unspecified atom stereocenters. The topological polar surface area (TPSA) is 30.2 Å². The lowest BCUT2D eigenvalue weighted by molar-refractivity contribution is -0.688. The molecule has 3 nitrogen and oxygen atoms in total. The minimum absolute atomic E-state index is 0.0907. The van der Waals surface area contributed by atoms with Gasteiger partial charge in [0.15, 0.2) is 18.9 Å². The molecule has 0 radical (unpaired) electrons. The number of ether oxygens (including phenoxy) is 1. The number of nitrogens with zero attached hydrogens (tertiary/aromatic N) is 1. The van der Waals surface area contributed by atoms with E-state index in [1.54, 1.807) is 0 Å². The van der Waals surface area contributed by atoms with Crippen LogP contribution in [0, 0.1) is 0 Å². The Balaban J connectivity index is 2.04. The second-order valence-corrected chi connectivity index (χ2v) is 4.70. The lowest BCUT2D eigenvalue weighted by Crippen LogP contribution is -2.32. The van der Waals surface area contributed by atoms with Gasteiger partial charge in [0.2, 0.25) is 0 Å². The Kier molecular flexibility index (Phi) is 4.29. The zero-order valence-electron chi connectivity index (χ0n) is 11.2. The van der Waals surface area contributed by atoms with E-state index in [0.29, 0.717) is 5.56 Å². The van der Waals surface area contributed by atoms with Crippen LogP contribution in [0.15, 0.2) is 54.9 Å². The van der Waals surface area contributed by atoms with Crippen molar-refractivity contribution in [2.45, 2.75) is 26.5 Å². The first-order valence-corrected chi connectivity index (χ1v) is 6.39. The fourth-order valence-corrected chi connectivity index (χ4v) is 1.78. The summed E-state index contributed by atoms with van der Waals surface area (Å²) in [6.45, 7) is 4.48. The molecular weight excluding hydrogens is 238 g/mol. The molecule has 0 aliphatic carbocycles. The molecule has 0 amide bonds. The van der Waals surface area contributed by atoms with Gasteiger partial charge < -0.3 is 4.74 Å².